The van der Waals surface area contributed by atoms with Crippen molar-refractivity contribution in [1.29, 1.82) is 0 Å². The molecule has 74 valence electrons. The predicted octanol–water partition coefficient (Wildman–Crippen LogP) is 0.561. The van der Waals surface area contributed by atoms with E-state index in [1.807, 2.05) is 0 Å². The number of rotatable bonds is 4. The van der Waals surface area contributed by atoms with E-state index in [1.54, 1.807) is 18.4 Å². The van der Waals surface area contributed by atoms with Crippen LogP contribution in [0.25, 0.3) is 0 Å². The second kappa shape index (κ2) is 4.30. The second-order valence-electron chi connectivity index (χ2n) is 2.93. The van der Waals surface area contributed by atoms with Gasteiger partial charge >= 0.3 is 0 Å². The van der Waals surface area contributed by atoms with Gasteiger partial charge in [-0.25, -0.2) is 0 Å². The van der Waals surface area contributed by atoms with Crippen molar-refractivity contribution in [2.45, 2.75) is 13.1 Å². The lowest BCUT2D eigenvalue weighted by Crippen LogP contribution is -2.13. The van der Waals surface area contributed by atoms with Gasteiger partial charge in [0.25, 0.3) is 0 Å². The molecule has 0 radical (unpaired) electrons. The highest BCUT2D eigenvalue weighted by Gasteiger charge is 1.99. The maximum atomic E-state index is 4.06. The maximum Gasteiger partial charge on any atom is 0.188 e. The summed E-state index contributed by atoms with van der Waals surface area (Å²) in [5.41, 5.74) is 1.29. The molecular weight excluding hydrogens is 198 g/mol. The molecule has 0 amide bonds. The average molecular weight is 209 g/mol. The number of nitrogens with one attached hydrogen (secondary N) is 1. The summed E-state index contributed by atoms with van der Waals surface area (Å²) in [6.45, 7) is 1.51. The number of aryl methyl sites for hydroxylation is 1. The standard InChI is InChI=1S/C8H11N5S/c1-13-11-8(10-12-13)5-9-4-7-2-3-14-6-7/h2-3,6,9H,4-5H2,1H3. The van der Waals surface area contributed by atoms with Crippen LogP contribution in [0.1, 0.15) is 11.4 Å². The summed E-state index contributed by atoms with van der Waals surface area (Å²) in [7, 11) is 1.76. The van der Waals surface area contributed by atoms with Crippen LogP contribution < -0.4 is 5.32 Å². The molecule has 2 heterocycles. The third kappa shape index (κ3) is 2.36. The first kappa shape index (κ1) is 9.29. The fourth-order valence-corrected chi connectivity index (χ4v) is 1.77. The van der Waals surface area contributed by atoms with Crippen LogP contribution in [0, 0.1) is 0 Å². The molecule has 0 aromatic carbocycles. The van der Waals surface area contributed by atoms with Gasteiger partial charge in [-0.1, -0.05) is 0 Å². The molecular formula is C8H11N5S. The zero-order valence-corrected chi connectivity index (χ0v) is 8.66. The van der Waals surface area contributed by atoms with Crippen LogP contribution in [0.5, 0.6) is 0 Å². The minimum Gasteiger partial charge on any atom is -0.306 e. The molecule has 0 atom stereocenters. The minimum atomic E-state index is 0.656. The fraction of sp³-hybridized carbons (Fsp3) is 0.375. The van der Waals surface area contributed by atoms with Gasteiger partial charge in [-0.15, -0.1) is 10.2 Å². The molecule has 0 aliphatic rings. The van der Waals surface area contributed by atoms with Crippen LogP contribution >= 0.6 is 11.3 Å². The molecule has 0 saturated heterocycles. The van der Waals surface area contributed by atoms with Crippen LogP contribution in [0.2, 0.25) is 0 Å². The van der Waals surface area contributed by atoms with E-state index < -0.39 is 0 Å². The molecule has 2 rings (SSSR count). The first-order chi connectivity index (χ1) is 6.84. The highest BCUT2D eigenvalue weighted by atomic mass is 32.1. The van der Waals surface area contributed by atoms with Crippen LogP contribution in [0.15, 0.2) is 16.8 Å². The third-order valence-electron chi connectivity index (χ3n) is 1.74. The second-order valence-corrected chi connectivity index (χ2v) is 3.71. The topological polar surface area (TPSA) is 55.6 Å². The minimum absolute atomic E-state index is 0.656. The molecule has 0 unspecified atom stereocenters. The average Bonchev–Trinajstić information content (AvgIpc) is 2.77. The molecule has 0 bridgehead atoms. The van der Waals surface area contributed by atoms with Gasteiger partial charge in [0.15, 0.2) is 5.82 Å². The van der Waals surface area contributed by atoms with Gasteiger partial charge < -0.3 is 5.32 Å². The zero-order chi connectivity index (χ0) is 9.80. The molecule has 2 aromatic heterocycles. The normalized spacial score (nSPS) is 10.6. The fourth-order valence-electron chi connectivity index (χ4n) is 1.11. The molecule has 0 aliphatic heterocycles. The van der Waals surface area contributed by atoms with E-state index in [4.69, 9.17) is 0 Å². The first-order valence-corrected chi connectivity index (χ1v) is 5.23. The lowest BCUT2D eigenvalue weighted by Gasteiger charge is -1.97. The van der Waals surface area contributed by atoms with Gasteiger partial charge in [0.2, 0.25) is 0 Å². The van der Waals surface area contributed by atoms with E-state index in [1.165, 1.54) is 10.4 Å². The van der Waals surface area contributed by atoms with E-state index in [-0.39, 0.29) is 0 Å². The Hall–Kier alpha value is -1.27. The number of nitrogens with zero attached hydrogens (tertiary/aromatic N) is 4. The molecule has 14 heavy (non-hydrogen) atoms. The summed E-state index contributed by atoms with van der Waals surface area (Å²) < 4.78 is 0. The van der Waals surface area contributed by atoms with Crippen molar-refractivity contribution in [3.05, 3.63) is 28.2 Å². The van der Waals surface area contributed by atoms with E-state index in [0.29, 0.717) is 6.54 Å². The summed E-state index contributed by atoms with van der Waals surface area (Å²) in [4.78, 5) is 1.46. The zero-order valence-electron chi connectivity index (χ0n) is 7.84. The highest BCUT2D eigenvalue weighted by molar-refractivity contribution is 7.07. The van der Waals surface area contributed by atoms with Gasteiger partial charge in [0.05, 0.1) is 13.6 Å². The maximum absolute atomic E-state index is 4.06. The lowest BCUT2D eigenvalue weighted by molar-refractivity contribution is 0.619. The number of tetrazole rings is 1. The first-order valence-electron chi connectivity index (χ1n) is 4.29. The number of thiophene rings is 1. The largest absolute Gasteiger partial charge is 0.306 e. The molecule has 0 saturated carbocycles. The van der Waals surface area contributed by atoms with Crippen molar-refractivity contribution in [3.8, 4) is 0 Å². The summed E-state index contributed by atoms with van der Waals surface area (Å²) in [6.07, 6.45) is 0. The number of hydrogen-bond donors (Lipinski definition) is 1. The van der Waals surface area contributed by atoms with Crippen molar-refractivity contribution in [2.24, 2.45) is 7.05 Å². The van der Waals surface area contributed by atoms with Gasteiger partial charge in [-0.05, 0) is 27.6 Å². The molecule has 0 aliphatic carbocycles. The molecule has 1 N–H and O–H groups in total. The van der Waals surface area contributed by atoms with Crippen molar-refractivity contribution >= 4 is 11.3 Å². The Balaban J connectivity index is 1.78. The molecule has 5 nitrogen and oxygen atoms in total. The van der Waals surface area contributed by atoms with Gasteiger partial charge in [-0.2, -0.15) is 16.1 Å². The quantitative estimate of drug-likeness (QED) is 0.799. The number of aromatic nitrogens is 4. The summed E-state index contributed by atoms with van der Waals surface area (Å²) in [6, 6.07) is 2.10. The molecule has 0 fully saturated rings. The Kier molecular flexibility index (Phi) is 2.85. The van der Waals surface area contributed by atoms with Gasteiger partial charge in [0, 0.05) is 6.54 Å². The van der Waals surface area contributed by atoms with Crippen molar-refractivity contribution in [1.82, 2.24) is 25.5 Å². The van der Waals surface area contributed by atoms with Crippen LogP contribution in [-0.4, -0.2) is 20.2 Å². The Labute approximate surface area is 85.8 Å². The summed E-state index contributed by atoms with van der Waals surface area (Å²) in [5.74, 6) is 0.725. The highest BCUT2D eigenvalue weighted by Crippen LogP contribution is 2.04. The molecule has 2 aromatic rings. The van der Waals surface area contributed by atoms with E-state index in [0.717, 1.165) is 12.4 Å². The monoisotopic (exact) mass is 209 g/mol. The Morgan fingerprint density at radius 1 is 1.50 bits per heavy atom. The summed E-state index contributed by atoms with van der Waals surface area (Å²) >= 11 is 1.70. The van der Waals surface area contributed by atoms with E-state index in [9.17, 15) is 0 Å². The smallest absolute Gasteiger partial charge is 0.188 e. The Morgan fingerprint density at radius 3 is 3.07 bits per heavy atom. The van der Waals surface area contributed by atoms with Crippen molar-refractivity contribution < 1.29 is 0 Å². The van der Waals surface area contributed by atoms with Crippen LogP contribution in [0.3, 0.4) is 0 Å². The van der Waals surface area contributed by atoms with Crippen molar-refractivity contribution in [2.75, 3.05) is 0 Å². The van der Waals surface area contributed by atoms with Gasteiger partial charge in [0.1, 0.15) is 0 Å². The summed E-state index contributed by atoms with van der Waals surface area (Å²) in [5, 5.41) is 19.1. The Bertz CT molecular complexity index is 380. The SMILES string of the molecule is Cn1nnc(CNCc2ccsc2)n1. The lowest BCUT2D eigenvalue weighted by atomic mass is 10.3. The number of hydrogen-bond acceptors (Lipinski definition) is 5. The van der Waals surface area contributed by atoms with Gasteiger partial charge in [-0.3, -0.25) is 0 Å². The third-order valence-corrected chi connectivity index (χ3v) is 2.47. The van der Waals surface area contributed by atoms with Crippen LogP contribution in [0.4, 0.5) is 0 Å². The molecule has 0 spiro atoms. The van der Waals surface area contributed by atoms with Crippen LogP contribution in [-0.2, 0) is 20.1 Å². The van der Waals surface area contributed by atoms with E-state index >= 15 is 0 Å². The Morgan fingerprint density at radius 2 is 2.43 bits per heavy atom. The van der Waals surface area contributed by atoms with E-state index in [2.05, 4.69) is 37.6 Å². The predicted molar refractivity (Wildman–Crippen MR) is 53.7 cm³/mol. The van der Waals surface area contributed by atoms with Crippen molar-refractivity contribution in [3.63, 3.8) is 0 Å². The molecule has 6 heteroatoms.